The molecule has 0 aliphatic carbocycles. The van der Waals surface area contributed by atoms with Crippen LogP contribution >= 0.6 is 0 Å². The number of hydrogen-bond donors (Lipinski definition) is 0. The fraction of sp³-hybridized carbons (Fsp3) is 1.00. The van der Waals surface area contributed by atoms with Gasteiger partial charge in [0, 0.05) is 0 Å². The summed E-state index contributed by atoms with van der Waals surface area (Å²) in [7, 11) is 0. The average Bonchev–Trinajstić information content (AvgIpc) is 2.99. The van der Waals surface area contributed by atoms with Crippen LogP contribution < -0.4 is 0 Å². The molecule has 4 aliphatic heterocycles. The van der Waals surface area contributed by atoms with Crippen LogP contribution in [0.15, 0.2) is 0 Å². The van der Waals surface area contributed by atoms with Crippen molar-refractivity contribution in [3.8, 4) is 0 Å². The normalized spacial score (nSPS) is 48.5. The zero-order valence-corrected chi connectivity index (χ0v) is 13.4. The molecule has 126 valence electrons. The molecule has 0 unspecified atom stereocenters. The Bertz CT molecular complexity index is 434. The highest BCUT2D eigenvalue weighted by Crippen LogP contribution is 2.42. The van der Waals surface area contributed by atoms with E-state index >= 15 is 0 Å². The summed E-state index contributed by atoms with van der Waals surface area (Å²) in [6, 6.07) is 0. The number of epoxide rings is 1. The first-order chi connectivity index (χ1) is 10.3. The highest BCUT2D eigenvalue weighted by molar-refractivity contribution is 4.99. The Morgan fingerprint density at radius 3 is 2.36 bits per heavy atom. The topological polar surface area (TPSA) is 67.9 Å². The smallest absolute Gasteiger partial charge is 0.190 e. The van der Waals surface area contributed by atoms with Crippen molar-refractivity contribution in [2.75, 3.05) is 19.8 Å². The van der Waals surface area contributed by atoms with Crippen LogP contribution in [0.5, 0.6) is 0 Å². The minimum Gasteiger partial charge on any atom is -0.371 e. The maximum Gasteiger partial charge on any atom is 0.190 e. The Balaban J connectivity index is 1.48. The summed E-state index contributed by atoms with van der Waals surface area (Å²) in [5.74, 6) is -1.26. The van der Waals surface area contributed by atoms with Gasteiger partial charge >= 0.3 is 0 Å². The van der Waals surface area contributed by atoms with Crippen molar-refractivity contribution >= 4 is 0 Å². The van der Waals surface area contributed by atoms with Gasteiger partial charge in [0.25, 0.3) is 0 Å². The highest BCUT2D eigenvalue weighted by atomic mass is 16.8. The van der Waals surface area contributed by atoms with Gasteiger partial charge in [-0.3, -0.25) is 0 Å². The van der Waals surface area contributed by atoms with Crippen LogP contribution in [-0.4, -0.2) is 68.2 Å². The lowest BCUT2D eigenvalue weighted by Gasteiger charge is -2.28. The predicted octanol–water partition coefficient (Wildman–Crippen LogP) is 0.798. The number of fused-ring (bicyclic) bond motifs is 1. The summed E-state index contributed by atoms with van der Waals surface area (Å²) in [6.45, 7) is 9.31. The van der Waals surface area contributed by atoms with Crippen molar-refractivity contribution in [3.05, 3.63) is 0 Å². The first-order valence-corrected chi connectivity index (χ1v) is 7.89. The highest BCUT2D eigenvalue weighted by Gasteiger charge is 2.59. The second-order valence-corrected chi connectivity index (χ2v) is 7.19. The lowest BCUT2D eigenvalue weighted by atomic mass is 10.1. The molecule has 0 radical (unpaired) electrons. The van der Waals surface area contributed by atoms with E-state index < -0.39 is 17.9 Å². The minimum atomic E-state index is -0.662. The molecule has 7 heteroatoms. The third-order valence-electron chi connectivity index (χ3n) is 4.30. The van der Waals surface area contributed by atoms with Crippen molar-refractivity contribution in [1.29, 1.82) is 0 Å². The van der Waals surface area contributed by atoms with Crippen molar-refractivity contribution < 1.29 is 33.2 Å². The predicted molar refractivity (Wildman–Crippen MR) is 73.1 cm³/mol. The van der Waals surface area contributed by atoms with Gasteiger partial charge in [-0.05, 0) is 27.7 Å². The Kier molecular flexibility index (Phi) is 3.54. The van der Waals surface area contributed by atoms with Crippen LogP contribution in [0.4, 0.5) is 0 Å². The summed E-state index contributed by atoms with van der Waals surface area (Å²) < 4.78 is 40.7. The molecule has 7 nitrogen and oxygen atoms in total. The van der Waals surface area contributed by atoms with E-state index in [9.17, 15) is 0 Å². The number of rotatable bonds is 4. The second kappa shape index (κ2) is 5.11. The van der Waals surface area contributed by atoms with E-state index in [4.69, 9.17) is 33.2 Å². The number of hydrogen-bond acceptors (Lipinski definition) is 7. The minimum absolute atomic E-state index is 0.187. The standard InChI is InChI=1S/C15H24O7/c1-14(2)18-7-9(20-14)10-11(17-6-8-5-16-8)12-13(19-10)22-15(3,4)21-12/h8-13H,5-7H2,1-4H3/t8-,9-,10-,11+,12-,13-/m1/s1. The van der Waals surface area contributed by atoms with E-state index in [1.807, 2.05) is 27.7 Å². The maximum atomic E-state index is 6.05. The molecule has 0 saturated carbocycles. The summed E-state index contributed by atoms with van der Waals surface area (Å²) in [4.78, 5) is 0. The fourth-order valence-electron chi connectivity index (χ4n) is 3.25. The van der Waals surface area contributed by atoms with Crippen LogP contribution in [-0.2, 0) is 33.2 Å². The summed E-state index contributed by atoms with van der Waals surface area (Å²) in [6.07, 6.45) is -1.22. The van der Waals surface area contributed by atoms with E-state index in [1.165, 1.54) is 0 Å². The Morgan fingerprint density at radius 1 is 0.955 bits per heavy atom. The zero-order valence-electron chi connectivity index (χ0n) is 13.4. The molecular weight excluding hydrogens is 292 g/mol. The van der Waals surface area contributed by atoms with Gasteiger partial charge in [-0.25, -0.2) is 0 Å². The Morgan fingerprint density at radius 2 is 1.73 bits per heavy atom. The fourth-order valence-corrected chi connectivity index (χ4v) is 3.25. The average molecular weight is 316 g/mol. The molecule has 4 rings (SSSR count). The van der Waals surface area contributed by atoms with Gasteiger partial charge in [0.1, 0.15) is 30.5 Å². The van der Waals surface area contributed by atoms with Gasteiger partial charge in [-0.2, -0.15) is 0 Å². The summed E-state index contributed by atoms with van der Waals surface area (Å²) >= 11 is 0. The lowest BCUT2D eigenvalue weighted by molar-refractivity contribution is -0.236. The third kappa shape index (κ3) is 2.91. The molecule has 0 bridgehead atoms. The molecule has 4 saturated heterocycles. The van der Waals surface area contributed by atoms with Crippen LogP contribution in [0, 0.1) is 0 Å². The van der Waals surface area contributed by atoms with E-state index in [0.29, 0.717) is 13.2 Å². The van der Waals surface area contributed by atoms with Gasteiger partial charge in [-0.1, -0.05) is 0 Å². The molecule has 22 heavy (non-hydrogen) atoms. The van der Waals surface area contributed by atoms with Crippen LogP contribution in [0.25, 0.3) is 0 Å². The van der Waals surface area contributed by atoms with Gasteiger partial charge in [0.05, 0.1) is 19.8 Å². The molecule has 0 N–H and O–H groups in total. The number of ether oxygens (including phenoxy) is 7. The second-order valence-electron chi connectivity index (χ2n) is 7.19. The molecule has 0 aromatic heterocycles. The van der Waals surface area contributed by atoms with Crippen molar-refractivity contribution in [3.63, 3.8) is 0 Å². The Labute approximate surface area is 130 Å². The molecule has 0 amide bonds. The Hall–Kier alpha value is -0.280. The van der Waals surface area contributed by atoms with Gasteiger partial charge in [0.2, 0.25) is 0 Å². The molecule has 4 heterocycles. The van der Waals surface area contributed by atoms with Gasteiger partial charge in [0.15, 0.2) is 17.9 Å². The van der Waals surface area contributed by atoms with Crippen molar-refractivity contribution in [1.82, 2.24) is 0 Å². The van der Waals surface area contributed by atoms with Crippen LogP contribution in [0.3, 0.4) is 0 Å². The first-order valence-electron chi connectivity index (χ1n) is 7.89. The van der Waals surface area contributed by atoms with E-state index in [-0.39, 0.29) is 30.5 Å². The van der Waals surface area contributed by atoms with Gasteiger partial charge < -0.3 is 33.2 Å². The van der Waals surface area contributed by atoms with E-state index in [1.54, 1.807) is 0 Å². The van der Waals surface area contributed by atoms with Crippen LogP contribution in [0.2, 0.25) is 0 Å². The quantitative estimate of drug-likeness (QED) is 0.711. The van der Waals surface area contributed by atoms with Crippen molar-refractivity contribution in [2.24, 2.45) is 0 Å². The maximum absolute atomic E-state index is 6.05. The monoisotopic (exact) mass is 316 g/mol. The summed E-state index contributed by atoms with van der Waals surface area (Å²) in [5, 5.41) is 0. The first kappa shape index (κ1) is 15.3. The molecule has 0 aromatic carbocycles. The van der Waals surface area contributed by atoms with Crippen LogP contribution in [0.1, 0.15) is 27.7 Å². The molecule has 4 fully saturated rings. The van der Waals surface area contributed by atoms with E-state index in [0.717, 1.165) is 6.61 Å². The largest absolute Gasteiger partial charge is 0.371 e. The van der Waals surface area contributed by atoms with Gasteiger partial charge in [-0.15, -0.1) is 0 Å². The SMILES string of the molecule is CC1(C)O[C@H]2O[C@H]([C@H]3COC(C)(C)O3)[C@H](OC[C@H]3CO3)[C@H]2O1. The third-order valence-corrected chi connectivity index (χ3v) is 4.30. The molecule has 0 spiro atoms. The van der Waals surface area contributed by atoms with Crippen molar-refractivity contribution in [2.45, 2.75) is 76.1 Å². The zero-order chi connectivity index (χ0) is 15.5. The molecular formula is C15H24O7. The lowest BCUT2D eigenvalue weighted by Crippen LogP contribution is -2.44. The summed E-state index contributed by atoms with van der Waals surface area (Å²) in [5.41, 5.74) is 0. The molecule has 0 aromatic rings. The van der Waals surface area contributed by atoms with E-state index in [2.05, 4.69) is 0 Å². The molecule has 4 aliphatic rings. The molecule has 6 atom stereocenters.